The van der Waals surface area contributed by atoms with Gasteiger partial charge in [-0.2, -0.15) is 0 Å². The summed E-state index contributed by atoms with van der Waals surface area (Å²) in [5.41, 5.74) is 0. The molecule has 6 heteroatoms. The summed E-state index contributed by atoms with van der Waals surface area (Å²) in [6.07, 6.45) is 4.85. The van der Waals surface area contributed by atoms with Crippen molar-refractivity contribution in [3.05, 3.63) is 24.2 Å². The lowest BCUT2D eigenvalue weighted by molar-refractivity contribution is 0.0334. The Morgan fingerprint density at radius 1 is 1.09 bits per heavy atom. The van der Waals surface area contributed by atoms with Crippen LogP contribution in [-0.2, 0) is 0 Å². The summed E-state index contributed by atoms with van der Waals surface area (Å²) < 4.78 is 5.21. The molecule has 1 saturated carbocycles. The molecular weight excluding hydrogens is 282 g/mol. The molecule has 118 valence electrons. The van der Waals surface area contributed by atoms with E-state index < -0.39 is 0 Å². The van der Waals surface area contributed by atoms with Gasteiger partial charge in [0.15, 0.2) is 5.76 Å². The first-order valence-corrected chi connectivity index (χ1v) is 8.07. The molecule has 2 unspecified atom stereocenters. The summed E-state index contributed by atoms with van der Waals surface area (Å²) in [4.78, 5) is 28.4. The van der Waals surface area contributed by atoms with E-state index >= 15 is 0 Å². The molecule has 0 aromatic carbocycles. The van der Waals surface area contributed by atoms with Crippen molar-refractivity contribution in [1.29, 1.82) is 0 Å². The number of rotatable bonds is 2. The Morgan fingerprint density at radius 2 is 1.77 bits per heavy atom. The lowest BCUT2D eigenvalue weighted by atomic mass is 9.84. The average Bonchev–Trinajstić information content (AvgIpc) is 3.15. The fourth-order valence-electron chi connectivity index (χ4n) is 3.66. The number of nitrogens with zero attached hydrogens (tertiary/aromatic N) is 2. The molecule has 3 heterocycles. The van der Waals surface area contributed by atoms with Crippen molar-refractivity contribution in [2.24, 2.45) is 11.8 Å². The van der Waals surface area contributed by atoms with Crippen LogP contribution in [0.1, 0.15) is 29.8 Å². The van der Waals surface area contributed by atoms with Crippen molar-refractivity contribution < 1.29 is 14.0 Å². The lowest BCUT2D eigenvalue weighted by Crippen LogP contribution is -2.57. The van der Waals surface area contributed by atoms with Crippen molar-refractivity contribution in [2.45, 2.75) is 25.3 Å². The molecule has 6 nitrogen and oxygen atoms in total. The van der Waals surface area contributed by atoms with E-state index in [0.29, 0.717) is 36.7 Å². The van der Waals surface area contributed by atoms with Gasteiger partial charge in [0.05, 0.1) is 6.26 Å². The van der Waals surface area contributed by atoms with Crippen molar-refractivity contribution in [3.63, 3.8) is 0 Å². The van der Waals surface area contributed by atoms with Crippen LogP contribution in [0.4, 0.5) is 4.79 Å². The predicted molar refractivity (Wildman–Crippen MR) is 79.3 cm³/mol. The molecule has 22 heavy (non-hydrogen) atoms. The van der Waals surface area contributed by atoms with Crippen LogP contribution >= 0.6 is 0 Å². The molecule has 3 amide bonds. The van der Waals surface area contributed by atoms with E-state index in [9.17, 15) is 9.59 Å². The minimum absolute atomic E-state index is 0.0319. The highest BCUT2D eigenvalue weighted by Gasteiger charge is 2.38. The highest BCUT2D eigenvalue weighted by Crippen LogP contribution is 2.30. The maximum atomic E-state index is 12.4. The van der Waals surface area contributed by atoms with Gasteiger partial charge in [-0.15, -0.1) is 0 Å². The van der Waals surface area contributed by atoms with Crippen LogP contribution in [0.15, 0.2) is 22.8 Å². The lowest BCUT2D eigenvalue weighted by Gasteiger charge is -2.45. The Labute approximate surface area is 129 Å². The van der Waals surface area contributed by atoms with Crippen molar-refractivity contribution >= 4 is 11.9 Å². The summed E-state index contributed by atoms with van der Waals surface area (Å²) in [6.45, 7) is 2.92. The number of piperidine rings is 2. The Hall–Kier alpha value is -1.98. The quantitative estimate of drug-likeness (QED) is 0.901. The standard InChI is InChI=1S/C16H21N3O3/c20-15(14-2-1-5-22-14)18-7-11-6-12(8-18)10-19(9-11)16(21)17-13-3-4-13/h1-2,5,11-13H,3-4,6-10H2,(H,17,21). The number of nitrogens with one attached hydrogen (secondary N) is 1. The van der Waals surface area contributed by atoms with Crippen LogP contribution in [0.25, 0.3) is 0 Å². The second-order valence-electron chi connectivity index (χ2n) is 6.78. The molecule has 4 rings (SSSR count). The minimum Gasteiger partial charge on any atom is -0.459 e. The molecule has 2 aliphatic heterocycles. The molecule has 0 radical (unpaired) electrons. The summed E-state index contributed by atoms with van der Waals surface area (Å²) in [5, 5.41) is 3.06. The van der Waals surface area contributed by atoms with Crippen LogP contribution < -0.4 is 5.32 Å². The molecule has 2 atom stereocenters. The third-order valence-corrected chi connectivity index (χ3v) is 4.79. The van der Waals surface area contributed by atoms with Gasteiger partial charge < -0.3 is 19.5 Å². The van der Waals surface area contributed by atoms with Crippen molar-refractivity contribution in [3.8, 4) is 0 Å². The van der Waals surface area contributed by atoms with Gasteiger partial charge in [0.2, 0.25) is 0 Å². The van der Waals surface area contributed by atoms with E-state index in [1.54, 1.807) is 12.1 Å². The van der Waals surface area contributed by atoms with Gasteiger partial charge in [-0.3, -0.25) is 4.79 Å². The average molecular weight is 303 g/mol. The van der Waals surface area contributed by atoms with Crippen LogP contribution in [0, 0.1) is 11.8 Å². The Balaban J connectivity index is 1.39. The van der Waals surface area contributed by atoms with Gasteiger partial charge in [-0.25, -0.2) is 4.79 Å². The molecule has 3 aliphatic rings. The van der Waals surface area contributed by atoms with Crippen LogP contribution in [0.2, 0.25) is 0 Å². The Bertz CT molecular complexity index is 553. The maximum Gasteiger partial charge on any atom is 0.317 e. The van der Waals surface area contributed by atoms with E-state index in [2.05, 4.69) is 5.32 Å². The predicted octanol–water partition coefficient (Wildman–Crippen LogP) is 1.55. The maximum absolute atomic E-state index is 12.4. The van der Waals surface area contributed by atoms with Crippen LogP contribution in [-0.4, -0.2) is 54.0 Å². The number of furan rings is 1. The monoisotopic (exact) mass is 303 g/mol. The highest BCUT2D eigenvalue weighted by atomic mass is 16.3. The van der Waals surface area contributed by atoms with Gasteiger partial charge >= 0.3 is 6.03 Å². The van der Waals surface area contributed by atoms with Crippen molar-refractivity contribution in [2.75, 3.05) is 26.2 Å². The third kappa shape index (κ3) is 2.69. The van der Waals surface area contributed by atoms with E-state index in [1.165, 1.54) is 6.26 Å². The first-order valence-electron chi connectivity index (χ1n) is 8.07. The van der Waals surface area contributed by atoms with E-state index in [1.807, 2.05) is 9.80 Å². The molecule has 1 N–H and O–H groups in total. The SMILES string of the molecule is O=C(NC1CC1)N1CC2CC(C1)CN(C(=O)c1ccco1)C2. The first-order chi connectivity index (χ1) is 10.7. The zero-order valence-electron chi connectivity index (χ0n) is 12.5. The van der Waals surface area contributed by atoms with E-state index in [0.717, 1.165) is 32.4 Å². The zero-order chi connectivity index (χ0) is 15.1. The number of amides is 3. The molecule has 2 saturated heterocycles. The van der Waals surface area contributed by atoms with E-state index in [4.69, 9.17) is 4.42 Å². The Kier molecular flexibility index (Phi) is 3.32. The molecular formula is C16H21N3O3. The molecule has 1 aromatic heterocycles. The topological polar surface area (TPSA) is 65.8 Å². The number of likely N-dealkylation sites (tertiary alicyclic amines) is 2. The van der Waals surface area contributed by atoms with E-state index in [-0.39, 0.29) is 11.9 Å². The number of hydrogen-bond donors (Lipinski definition) is 1. The number of carbonyl (C=O) groups is 2. The fourth-order valence-corrected chi connectivity index (χ4v) is 3.66. The summed E-state index contributed by atoms with van der Waals surface area (Å²) in [5.74, 6) is 1.12. The number of carbonyl (C=O) groups excluding carboxylic acids is 2. The van der Waals surface area contributed by atoms with Gasteiger partial charge in [0.25, 0.3) is 5.91 Å². The largest absolute Gasteiger partial charge is 0.459 e. The summed E-state index contributed by atoms with van der Waals surface area (Å²) in [7, 11) is 0. The smallest absolute Gasteiger partial charge is 0.317 e. The highest BCUT2D eigenvalue weighted by molar-refractivity contribution is 5.91. The second kappa shape index (κ2) is 5.34. The normalized spacial score (nSPS) is 27.6. The Morgan fingerprint density at radius 3 is 2.36 bits per heavy atom. The number of hydrogen-bond acceptors (Lipinski definition) is 3. The first kappa shape index (κ1) is 13.7. The summed E-state index contributed by atoms with van der Waals surface area (Å²) in [6, 6.07) is 3.92. The summed E-state index contributed by atoms with van der Waals surface area (Å²) >= 11 is 0. The van der Waals surface area contributed by atoms with Gasteiger partial charge in [-0.05, 0) is 43.2 Å². The minimum atomic E-state index is -0.0319. The van der Waals surface area contributed by atoms with Crippen molar-refractivity contribution in [1.82, 2.24) is 15.1 Å². The number of urea groups is 1. The molecule has 2 bridgehead atoms. The molecule has 1 aliphatic carbocycles. The van der Waals surface area contributed by atoms with Crippen LogP contribution in [0.5, 0.6) is 0 Å². The second-order valence-corrected chi connectivity index (χ2v) is 6.78. The number of fused-ring (bicyclic) bond motifs is 2. The van der Waals surface area contributed by atoms with Gasteiger partial charge in [0.1, 0.15) is 0 Å². The third-order valence-electron chi connectivity index (χ3n) is 4.79. The fraction of sp³-hybridized carbons (Fsp3) is 0.625. The van der Waals surface area contributed by atoms with Crippen LogP contribution in [0.3, 0.4) is 0 Å². The molecule has 1 aromatic rings. The van der Waals surface area contributed by atoms with Gasteiger partial charge in [0, 0.05) is 32.2 Å². The zero-order valence-corrected chi connectivity index (χ0v) is 12.5. The molecule has 3 fully saturated rings. The molecule has 0 spiro atoms. The van der Waals surface area contributed by atoms with Gasteiger partial charge in [-0.1, -0.05) is 0 Å².